The number of amides is 1. The molecule has 1 fully saturated rings. The van der Waals surface area contributed by atoms with Gasteiger partial charge in [0.15, 0.2) is 12.1 Å². The maximum Gasteiger partial charge on any atom is 0.249 e. The zero-order chi connectivity index (χ0) is 27.8. The number of benzene rings is 3. The van der Waals surface area contributed by atoms with Crippen molar-refractivity contribution < 1.29 is 28.9 Å². The molecule has 0 radical (unpaired) electrons. The van der Waals surface area contributed by atoms with E-state index in [1.54, 1.807) is 7.11 Å². The Morgan fingerprint density at radius 1 is 1.00 bits per heavy atom. The van der Waals surface area contributed by atoms with Crippen LogP contribution in [0, 0.1) is 5.41 Å². The maximum absolute atomic E-state index is 13.1. The summed E-state index contributed by atoms with van der Waals surface area (Å²) in [6, 6.07) is 25.4. The van der Waals surface area contributed by atoms with Crippen molar-refractivity contribution in [3.63, 3.8) is 0 Å². The third kappa shape index (κ3) is 7.53. The van der Waals surface area contributed by atoms with Crippen molar-refractivity contribution in [3.05, 3.63) is 90.0 Å². The minimum absolute atomic E-state index is 0.0621. The van der Waals surface area contributed by atoms with Crippen LogP contribution in [-0.2, 0) is 25.6 Å². The smallest absolute Gasteiger partial charge is 0.249 e. The Kier molecular flexibility index (Phi) is 9.51. The summed E-state index contributed by atoms with van der Waals surface area (Å²) < 4.78 is 17.2. The van der Waals surface area contributed by atoms with Gasteiger partial charge >= 0.3 is 0 Å². The first-order valence-corrected chi connectivity index (χ1v) is 13.3. The highest BCUT2D eigenvalue weighted by molar-refractivity contribution is 5.84. The van der Waals surface area contributed by atoms with E-state index in [2.05, 4.69) is 5.32 Å². The molecule has 0 aliphatic carbocycles. The largest absolute Gasteiger partial charge is 0.497 e. The van der Waals surface area contributed by atoms with Gasteiger partial charge in [0, 0.05) is 23.9 Å². The molecule has 0 aromatic heterocycles. The van der Waals surface area contributed by atoms with E-state index >= 15 is 0 Å². The van der Waals surface area contributed by atoms with Gasteiger partial charge in [0.1, 0.15) is 18.0 Å². The van der Waals surface area contributed by atoms with E-state index in [-0.39, 0.29) is 18.6 Å². The summed E-state index contributed by atoms with van der Waals surface area (Å²) in [5.41, 5.74) is 3.49. The van der Waals surface area contributed by atoms with Crippen LogP contribution in [0.3, 0.4) is 0 Å². The standard InChI is InChI=1S/C32H37NO6/c1-32(2)21-38-31(25-16-18-26(37-3)19-17-25)39-29(32)27(34)10-7-11-28(35)30(36)33-20-22-12-14-24(15-13-22)23-8-5-4-6-9-23/h4-6,8-9,12-19,28-29,31,35H,7,10-11,20-21H2,1-3H3,(H,33,36)/t28?,29-,31?/m0/s1. The van der Waals surface area contributed by atoms with Gasteiger partial charge in [-0.2, -0.15) is 0 Å². The fourth-order valence-electron chi connectivity index (χ4n) is 4.65. The fraction of sp³-hybridized carbons (Fsp3) is 0.375. The van der Waals surface area contributed by atoms with Gasteiger partial charge in [0.2, 0.25) is 5.91 Å². The Labute approximate surface area is 230 Å². The molecular formula is C32H37NO6. The second-order valence-electron chi connectivity index (χ2n) is 10.6. The number of carbonyl (C=O) groups excluding carboxylic acids is 2. The predicted octanol–water partition coefficient (Wildman–Crippen LogP) is 5.22. The summed E-state index contributed by atoms with van der Waals surface area (Å²) in [6.45, 7) is 4.57. The summed E-state index contributed by atoms with van der Waals surface area (Å²) in [5.74, 6) is 0.218. The molecule has 3 aromatic rings. The van der Waals surface area contributed by atoms with Crippen LogP contribution in [-0.4, -0.2) is 42.7 Å². The van der Waals surface area contributed by atoms with Crippen LogP contribution in [0.4, 0.5) is 0 Å². The van der Waals surface area contributed by atoms with Crippen molar-refractivity contribution in [1.82, 2.24) is 5.32 Å². The Hall–Kier alpha value is -3.52. The Morgan fingerprint density at radius 3 is 2.33 bits per heavy atom. The van der Waals surface area contributed by atoms with E-state index in [4.69, 9.17) is 14.2 Å². The molecule has 206 valence electrons. The number of methoxy groups -OCH3 is 1. The molecule has 3 aromatic carbocycles. The lowest BCUT2D eigenvalue weighted by Crippen LogP contribution is -2.47. The van der Waals surface area contributed by atoms with Crippen molar-refractivity contribution >= 4 is 11.7 Å². The number of nitrogens with one attached hydrogen (secondary N) is 1. The number of aliphatic hydroxyl groups is 1. The first-order chi connectivity index (χ1) is 18.8. The van der Waals surface area contributed by atoms with E-state index in [0.717, 1.165) is 28.0 Å². The molecule has 1 aliphatic heterocycles. The number of hydrogen-bond acceptors (Lipinski definition) is 6. The molecule has 0 spiro atoms. The van der Waals surface area contributed by atoms with Crippen LogP contribution >= 0.6 is 0 Å². The first-order valence-electron chi connectivity index (χ1n) is 13.3. The summed E-state index contributed by atoms with van der Waals surface area (Å²) in [4.78, 5) is 25.5. The normalized spacial score (nSPS) is 19.2. The molecule has 2 unspecified atom stereocenters. The summed E-state index contributed by atoms with van der Waals surface area (Å²) >= 11 is 0. The van der Waals surface area contributed by atoms with Gasteiger partial charge < -0.3 is 24.6 Å². The predicted molar refractivity (Wildman–Crippen MR) is 149 cm³/mol. The Morgan fingerprint density at radius 2 is 1.67 bits per heavy atom. The molecular weight excluding hydrogens is 494 g/mol. The molecule has 0 saturated carbocycles. The van der Waals surface area contributed by atoms with Crippen molar-refractivity contribution in [2.75, 3.05) is 13.7 Å². The average molecular weight is 532 g/mol. The van der Waals surface area contributed by atoms with Gasteiger partial charge in [-0.15, -0.1) is 0 Å². The molecule has 1 saturated heterocycles. The minimum Gasteiger partial charge on any atom is -0.497 e. The number of ether oxygens (including phenoxy) is 3. The molecule has 1 aliphatic rings. The van der Waals surface area contributed by atoms with Gasteiger partial charge in [-0.1, -0.05) is 80.6 Å². The summed E-state index contributed by atoms with van der Waals surface area (Å²) in [7, 11) is 1.60. The number of Topliss-reactive ketones (excluding diaryl/α,β-unsaturated/α-hetero) is 1. The van der Waals surface area contributed by atoms with E-state index in [1.807, 2.05) is 92.7 Å². The van der Waals surface area contributed by atoms with Crippen molar-refractivity contribution in [1.29, 1.82) is 0 Å². The summed E-state index contributed by atoms with van der Waals surface area (Å²) in [6.07, 6.45) is -1.70. The van der Waals surface area contributed by atoms with Crippen molar-refractivity contribution in [2.45, 2.75) is 58.2 Å². The third-order valence-electron chi connectivity index (χ3n) is 6.99. The highest BCUT2D eigenvalue weighted by Gasteiger charge is 2.42. The molecule has 7 nitrogen and oxygen atoms in total. The van der Waals surface area contributed by atoms with Crippen LogP contribution in [0.25, 0.3) is 11.1 Å². The molecule has 0 bridgehead atoms. The number of hydrogen-bond donors (Lipinski definition) is 2. The molecule has 1 amide bonds. The number of rotatable bonds is 11. The highest BCUT2D eigenvalue weighted by Crippen LogP contribution is 2.38. The number of carbonyl (C=O) groups is 2. The van der Waals surface area contributed by atoms with Gasteiger partial charge in [-0.3, -0.25) is 9.59 Å². The molecule has 39 heavy (non-hydrogen) atoms. The van der Waals surface area contributed by atoms with Gasteiger partial charge in [-0.05, 0) is 41.7 Å². The molecule has 7 heteroatoms. The maximum atomic E-state index is 13.1. The lowest BCUT2D eigenvalue weighted by molar-refractivity contribution is -0.257. The van der Waals surface area contributed by atoms with Crippen LogP contribution in [0.1, 0.15) is 50.5 Å². The van der Waals surface area contributed by atoms with Crippen LogP contribution in [0.15, 0.2) is 78.9 Å². The van der Waals surface area contributed by atoms with Gasteiger partial charge in [-0.25, -0.2) is 0 Å². The quantitative estimate of drug-likeness (QED) is 0.352. The van der Waals surface area contributed by atoms with E-state index < -0.39 is 29.8 Å². The SMILES string of the molecule is COc1ccc(C2OCC(C)(C)[C@H](C(=O)CCCC(O)C(=O)NCc3ccc(-c4ccccc4)cc3)O2)cc1. The van der Waals surface area contributed by atoms with Gasteiger partial charge in [0.05, 0.1) is 13.7 Å². The van der Waals surface area contributed by atoms with E-state index in [0.29, 0.717) is 19.6 Å². The first kappa shape index (κ1) is 28.5. The third-order valence-corrected chi connectivity index (χ3v) is 6.99. The molecule has 1 heterocycles. The number of aliphatic hydroxyl groups excluding tert-OH is 1. The van der Waals surface area contributed by atoms with Crippen LogP contribution in [0.2, 0.25) is 0 Å². The summed E-state index contributed by atoms with van der Waals surface area (Å²) in [5, 5.41) is 13.1. The zero-order valence-corrected chi connectivity index (χ0v) is 22.8. The van der Waals surface area contributed by atoms with Gasteiger partial charge in [0.25, 0.3) is 0 Å². The highest BCUT2D eigenvalue weighted by atomic mass is 16.7. The zero-order valence-electron chi connectivity index (χ0n) is 22.8. The average Bonchev–Trinajstić information content (AvgIpc) is 2.96. The minimum atomic E-state index is -1.18. The molecule has 4 rings (SSSR count). The second kappa shape index (κ2) is 13.0. The van der Waals surface area contributed by atoms with Crippen molar-refractivity contribution in [3.8, 4) is 16.9 Å². The monoisotopic (exact) mass is 531 g/mol. The van der Waals surface area contributed by atoms with E-state index in [9.17, 15) is 14.7 Å². The topological polar surface area (TPSA) is 94.1 Å². The number of ketones is 1. The lowest BCUT2D eigenvalue weighted by Gasteiger charge is -2.41. The second-order valence-corrected chi connectivity index (χ2v) is 10.6. The molecule has 2 N–H and O–H groups in total. The Balaban J connectivity index is 1.22. The van der Waals surface area contributed by atoms with Crippen LogP contribution in [0.5, 0.6) is 5.75 Å². The van der Waals surface area contributed by atoms with Crippen molar-refractivity contribution in [2.24, 2.45) is 5.41 Å². The Bertz CT molecular complexity index is 1220. The fourth-order valence-corrected chi connectivity index (χ4v) is 4.65. The lowest BCUT2D eigenvalue weighted by atomic mass is 9.82. The molecule has 3 atom stereocenters. The van der Waals surface area contributed by atoms with Crippen LogP contribution < -0.4 is 10.1 Å². The van der Waals surface area contributed by atoms with E-state index in [1.165, 1.54) is 0 Å².